The van der Waals surface area contributed by atoms with Gasteiger partial charge in [0.1, 0.15) is 11.6 Å². The summed E-state index contributed by atoms with van der Waals surface area (Å²) < 4.78 is 18.5. The number of benzene rings is 3. The number of anilines is 1. The second-order valence-corrected chi connectivity index (χ2v) is 7.43. The first kappa shape index (κ1) is 20.6. The zero-order valence-electron chi connectivity index (χ0n) is 17.3. The van der Waals surface area contributed by atoms with Crippen LogP contribution >= 0.6 is 0 Å². The van der Waals surface area contributed by atoms with Gasteiger partial charge in [-0.1, -0.05) is 30.3 Å². The first-order valence-electron chi connectivity index (χ1n) is 10.1. The van der Waals surface area contributed by atoms with Gasteiger partial charge in [-0.05, 0) is 53.6 Å². The van der Waals surface area contributed by atoms with Crippen LogP contribution in [0.3, 0.4) is 0 Å². The van der Waals surface area contributed by atoms with Crippen molar-refractivity contribution >= 4 is 17.5 Å². The zero-order chi connectivity index (χ0) is 21.8. The molecule has 0 saturated heterocycles. The molecule has 3 aromatic rings. The van der Waals surface area contributed by atoms with Crippen LogP contribution in [0.4, 0.5) is 10.1 Å². The van der Waals surface area contributed by atoms with Crippen LogP contribution in [0.2, 0.25) is 0 Å². The van der Waals surface area contributed by atoms with Gasteiger partial charge in [-0.15, -0.1) is 0 Å². The van der Waals surface area contributed by atoms with Crippen LogP contribution in [0, 0.1) is 5.82 Å². The molecule has 4 rings (SSSR count). The van der Waals surface area contributed by atoms with Crippen molar-refractivity contribution in [2.45, 2.75) is 13.0 Å². The van der Waals surface area contributed by atoms with Gasteiger partial charge in [0.05, 0.1) is 13.5 Å². The highest BCUT2D eigenvalue weighted by molar-refractivity contribution is 6.06. The maximum Gasteiger partial charge on any atom is 0.258 e. The molecule has 0 radical (unpaired) electrons. The lowest BCUT2D eigenvalue weighted by Crippen LogP contribution is -2.38. The van der Waals surface area contributed by atoms with Gasteiger partial charge in [-0.2, -0.15) is 0 Å². The molecule has 1 aliphatic heterocycles. The Balaban J connectivity index is 1.55. The van der Waals surface area contributed by atoms with Crippen molar-refractivity contribution < 1.29 is 18.7 Å². The SMILES string of the molecule is COc1ccc(CC(=O)N2CCN(C(=O)c3ccc(F)cc3)c3ccccc3C2)cc1. The molecule has 3 aromatic carbocycles. The summed E-state index contributed by atoms with van der Waals surface area (Å²) in [7, 11) is 1.60. The Morgan fingerprint density at radius 1 is 0.935 bits per heavy atom. The molecule has 0 N–H and O–H groups in total. The highest BCUT2D eigenvalue weighted by Gasteiger charge is 2.27. The van der Waals surface area contributed by atoms with E-state index in [1.807, 2.05) is 48.5 Å². The molecule has 0 atom stereocenters. The maximum atomic E-state index is 13.3. The Morgan fingerprint density at radius 2 is 1.65 bits per heavy atom. The van der Waals surface area contributed by atoms with Gasteiger partial charge in [0.15, 0.2) is 0 Å². The lowest BCUT2D eigenvalue weighted by molar-refractivity contribution is -0.130. The van der Waals surface area contributed by atoms with Crippen LogP contribution < -0.4 is 9.64 Å². The third-order valence-corrected chi connectivity index (χ3v) is 5.44. The summed E-state index contributed by atoms with van der Waals surface area (Å²) in [4.78, 5) is 29.6. The normalized spacial score (nSPS) is 13.4. The van der Waals surface area contributed by atoms with Crippen molar-refractivity contribution in [3.63, 3.8) is 0 Å². The van der Waals surface area contributed by atoms with Gasteiger partial charge in [0.25, 0.3) is 5.91 Å². The summed E-state index contributed by atoms with van der Waals surface area (Å²) >= 11 is 0. The Labute approximate surface area is 180 Å². The lowest BCUT2D eigenvalue weighted by atomic mass is 10.1. The summed E-state index contributed by atoms with van der Waals surface area (Å²) in [6.07, 6.45) is 0.276. The van der Waals surface area contributed by atoms with Gasteiger partial charge in [-0.3, -0.25) is 9.59 Å². The summed E-state index contributed by atoms with van der Waals surface area (Å²) in [6, 6.07) is 20.5. The summed E-state index contributed by atoms with van der Waals surface area (Å²) in [5.41, 5.74) is 2.99. The monoisotopic (exact) mass is 418 g/mol. The first-order valence-corrected chi connectivity index (χ1v) is 10.1. The van der Waals surface area contributed by atoms with Crippen molar-refractivity contribution in [3.8, 4) is 5.75 Å². The van der Waals surface area contributed by atoms with E-state index in [2.05, 4.69) is 0 Å². The Hall–Kier alpha value is -3.67. The van der Waals surface area contributed by atoms with Gasteiger partial charge < -0.3 is 14.5 Å². The third kappa shape index (κ3) is 4.58. The summed E-state index contributed by atoms with van der Waals surface area (Å²) in [5, 5.41) is 0. The maximum absolute atomic E-state index is 13.3. The van der Waals surface area contributed by atoms with Gasteiger partial charge in [-0.25, -0.2) is 4.39 Å². The van der Waals surface area contributed by atoms with E-state index in [-0.39, 0.29) is 24.1 Å². The molecule has 0 spiro atoms. The van der Waals surface area contributed by atoms with Crippen LogP contribution in [0.5, 0.6) is 5.75 Å². The average molecular weight is 418 g/mol. The number of halogens is 1. The molecule has 5 nitrogen and oxygen atoms in total. The van der Waals surface area contributed by atoms with Crippen LogP contribution in [-0.2, 0) is 17.8 Å². The third-order valence-electron chi connectivity index (χ3n) is 5.44. The number of methoxy groups -OCH3 is 1. The van der Waals surface area contributed by atoms with Crippen molar-refractivity contribution in [3.05, 3.63) is 95.3 Å². The molecule has 1 aliphatic rings. The molecule has 1 heterocycles. The number of carbonyl (C=O) groups is 2. The second-order valence-electron chi connectivity index (χ2n) is 7.43. The number of para-hydroxylation sites is 1. The number of hydrogen-bond donors (Lipinski definition) is 0. The largest absolute Gasteiger partial charge is 0.497 e. The van der Waals surface area contributed by atoms with Crippen molar-refractivity contribution in [2.75, 3.05) is 25.1 Å². The minimum Gasteiger partial charge on any atom is -0.497 e. The lowest BCUT2D eigenvalue weighted by Gasteiger charge is -2.23. The molecule has 0 bridgehead atoms. The Morgan fingerprint density at radius 3 is 2.35 bits per heavy atom. The van der Waals surface area contributed by atoms with E-state index < -0.39 is 0 Å². The molecule has 0 aromatic heterocycles. The molecular formula is C25H23FN2O3. The average Bonchev–Trinajstić information content (AvgIpc) is 2.99. The number of ether oxygens (including phenoxy) is 1. The van der Waals surface area contributed by atoms with E-state index in [1.54, 1.807) is 16.9 Å². The fourth-order valence-corrected chi connectivity index (χ4v) is 3.74. The minimum atomic E-state index is -0.386. The van der Waals surface area contributed by atoms with Crippen molar-refractivity contribution in [2.24, 2.45) is 0 Å². The molecular weight excluding hydrogens is 395 g/mol. The van der Waals surface area contributed by atoms with Crippen LogP contribution in [0.25, 0.3) is 0 Å². The number of amides is 2. The van der Waals surface area contributed by atoms with Crippen LogP contribution in [0.1, 0.15) is 21.5 Å². The predicted octanol–water partition coefficient (Wildman–Crippen LogP) is 4.07. The standard InChI is InChI=1S/C25H23FN2O3/c1-31-22-12-6-18(7-13-22)16-24(29)27-14-15-28(23-5-3-2-4-20(23)17-27)25(30)19-8-10-21(26)11-9-19/h2-13H,14-17H2,1H3. The van der Waals surface area contributed by atoms with E-state index in [4.69, 9.17) is 4.74 Å². The van der Waals surface area contributed by atoms with E-state index in [0.717, 1.165) is 22.6 Å². The molecule has 0 saturated carbocycles. The van der Waals surface area contributed by atoms with Gasteiger partial charge in [0.2, 0.25) is 5.91 Å². The summed E-state index contributed by atoms with van der Waals surface area (Å²) in [6.45, 7) is 1.20. The highest BCUT2D eigenvalue weighted by Crippen LogP contribution is 2.27. The molecule has 6 heteroatoms. The number of carbonyl (C=O) groups excluding carboxylic acids is 2. The first-order chi connectivity index (χ1) is 15.0. The highest BCUT2D eigenvalue weighted by atomic mass is 19.1. The second kappa shape index (κ2) is 9.00. The van der Waals surface area contributed by atoms with Crippen LogP contribution in [-0.4, -0.2) is 36.9 Å². The van der Waals surface area contributed by atoms with E-state index in [9.17, 15) is 14.0 Å². The Bertz CT molecular complexity index is 1080. The van der Waals surface area contributed by atoms with E-state index in [0.29, 0.717) is 25.2 Å². The quantitative estimate of drug-likeness (QED) is 0.642. The number of rotatable bonds is 4. The topological polar surface area (TPSA) is 49.9 Å². The number of nitrogens with zero attached hydrogens (tertiary/aromatic N) is 2. The molecule has 0 unspecified atom stereocenters. The summed E-state index contributed by atoms with van der Waals surface area (Å²) in [5.74, 6) is 0.144. The van der Waals surface area contributed by atoms with Gasteiger partial charge >= 0.3 is 0 Å². The van der Waals surface area contributed by atoms with Crippen molar-refractivity contribution in [1.82, 2.24) is 4.90 Å². The molecule has 0 aliphatic carbocycles. The van der Waals surface area contributed by atoms with E-state index in [1.165, 1.54) is 24.3 Å². The van der Waals surface area contributed by atoms with E-state index >= 15 is 0 Å². The fraction of sp³-hybridized carbons (Fsp3) is 0.200. The molecule has 0 fully saturated rings. The van der Waals surface area contributed by atoms with Crippen LogP contribution in [0.15, 0.2) is 72.8 Å². The minimum absolute atomic E-state index is 0.00366. The molecule has 31 heavy (non-hydrogen) atoms. The number of hydrogen-bond acceptors (Lipinski definition) is 3. The predicted molar refractivity (Wildman–Crippen MR) is 117 cm³/mol. The number of fused-ring (bicyclic) bond motifs is 1. The smallest absolute Gasteiger partial charge is 0.258 e. The molecule has 158 valence electrons. The van der Waals surface area contributed by atoms with Gasteiger partial charge in [0, 0.05) is 30.9 Å². The molecule has 2 amide bonds. The Kier molecular flexibility index (Phi) is 5.98. The zero-order valence-corrected chi connectivity index (χ0v) is 17.3. The fourth-order valence-electron chi connectivity index (χ4n) is 3.74. The van der Waals surface area contributed by atoms with Crippen molar-refractivity contribution in [1.29, 1.82) is 0 Å².